The van der Waals surface area contributed by atoms with Gasteiger partial charge in [0.1, 0.15) is 11.6 Å². The first-order valence-electron chi connectivity index (χ1n) is 14.3. The minimum Gasteiger partial charge on any atom is -0.497 e. The highest BCUT2D eigenvalue weighted by atomic mass is 19.1. The van der Waals surface area contributed by atoms with E-state index in [0.717, 1.165) is 56.1 Å². The Labute approximate surface area is 231 Å². The molecule has 1 saturated heterocycles. The summed E-state index contributed by atoms with van der Waals surface area (Å²) in [5.74, 6) is 2.99. The van der Waals surface area contributed by atoms with E-state index in [1.807, 2.05) is 24.3 Å². The van der Waals surface area contributed by atoms with Crippen molar-refractivity contribution in [3.63, 3.8) is 0 Å². The van der Waals surface area contributed by atoms with Gasteiger partial charge in [-0.25, -0.2) is 9.38 Å². The number of nitrogens with one attached hydrogen (secondary N) is 3. The molecule has 0 spiro atoms. The number of nitrogens with zero attached hydrogens (tertiary/aromatic N) is 2. The molecule has 4 atom stereocenters. The van der Waals surface area contributed by atoms with Crippen LogP contribution in [-0.4, -0.2) is 62.6 Å². The number of rotatable bonds is 7. The highest BCUT2D eigenvalue weighted by Gasteiger charge is 2.56. The molecule has 39 heavy (non-hydrogen) atoms. The molecule has 2 aromatic carbocycles. The Kier molecular flexibility index (Phi) is 8.12. The van der Waals surface area contributed by atoms with Crippen LogP contribution < -0.4 is 20.7 Å². The molecule has 1 heterocycles. The predicted molar refractivity (Wildman–Crippen MR) is 154 cm³/mol. The molecule has 2 aromatic rings. The molecule has 4 aliphatic rings. The van der Waals surface area contributed by atoms with Crippen molar-refractivity contribution in [3.05, 3.63) is 59.4 Å². The number of anilines is 1. The van der Waals surface area contributed by atoms with Crippen molar-refractivity contribution in [2.24, 2.45) is 28.2 Å². The summed E-state index contributed by atoms with van der Waals surface area (Å²) in [5, 5.41) is 9.90. The van der Waals surface area contributed by atoms with E-state index in [-0.39, 0.29) is 11.7 Å². The van der Waals surface area contributed by atoms with Gasteiger partial charge in [-0.1, -0.05) is 26.8 Å². The van der Waals surface area contributed by atoms with Gasteiger partial charge in [-0.05, 0) is 78.3 Å². The van der Waals surface area contributed by atoms with Gasteiger partial charge in [-0.2, -0.15) is 0 Å². The fourth-order valence-electron chi connectivity index (χ4n) is 6.62. The number of amides is 1. The summed E-state index contributed by atoms with van der Waals surface area (Å²) in [6.45, 7) is 11.3. The third-order valence-electron chi connectivity index (χ3n) is 9.36. The lowest BCUT2D eigenvalue weighted by Crippen LogP contribution is -2.57. The monoisotopic (exact) mass is 535 g/mol. The number of hydrogen-bond acceptors (Lipinski definition) is 4. The van der Waals surface area contributed by atoms with Crippen LogP contribution >= 0.6 is 0 Å². The number of guanidine groups is 1. The minimum atomic E-state index is -0.329. The smallest absolute Gasteiger partial charge is 0.251 e. The number of benzene rings is 2. The maximum Gasteiger partial charge on any atom is 0.251 e. The number of fused-ring (bicyclic) bond motifs is 2. The van der Waals surface area contributed by atoms with Crippen molar-refractivity contribution in [2.75, 3.05) is 45.2 Å². The molecular weight excluding hydrogens is 493 g/mol. The van der Waals surface area contributed by atoms with Crippen molar-refractivity contribution in [2.45, 2.75) is 46.1 Å². The van der Waals surface area contributed by atoms with Crippen molar-refractivity contribution in [1.29, 1.82) is 0 Å². The number of carbonyl (C=O) groups is 1. The molecule has 1 amide bonds. The van der Waals surface area contributed by atoms with Crippen LogP contribution in [0.1, 0.15) is 49.5 Å². The summed E-state index contributed by atoms with van der Waals surface area (Å²) in [5.41, 5.74) is 2.47. The third kappa shape index (κ3) is 5.91. The normalized spacial score (nSPS) is 26.0. The van der Waals surface area contributed by atoms with E-state index in [1.165, 1.54) is 19.6 Å². The fourth-order valence-corrected chi connectivity index (χ4v) is 6.62. The molecule has 3 N–H and O–H groups in total. The van der Waals surface area contributed by atoms with Gasteiger partial charge < -0.3 is 25.6 Å². The topological polar surface area (TPSA) is 78.0 Å². The molecule has 7 nitrogen and oxygen atoms in total. The lowest BCUT2D eigenvalue weighted by Gasteiger charge is -2.61. The Morgan fingerprint density at radius 2 is 1.90 bits per heavy atom. The lowest BCUT2D eigenvalue weighted by atomic mass is 9.45. The average Bonchev–Trinajstić information content (AvgIpc) is 2.94. The molecule has 6 rings (SSSR count). The molecule has 210 valence electrons. The average molecular weight is 536 g/mol. The Bertz CT molecular complexity index is 1190. The summed E-state index contributed by atoms with van der Waals surface area (Å²) in [4.78, 5) is 20.4. The number of hydrogen-bond donors (Lipinski definition) is 3. The number of aliphatic imine (C=N–C) groups is 1. The summed E-state index contributed by atoms with van der Waals surface area (Å²) >= 11 is 0. The van der Waals surface area contributed by atoms with Crippen LogP contribution in [0.25, 0.3) is 0 Å². The Morgan fingerprint density at radius 1 is 1.15 bits per heavy atom. The quantitative estimate of drug-likeness (QED) is 0.358. The SMILES string of the molecule is COc1ccc(CCNC(=O)c2ccc(NC(=N[C@H]3C[C@H]4C[C@@H]([C@@H]3C)C4(C)C)N3CCNCC3)cc2)c(F)c1. The molecule has 8 heteroatoms. The first-order chi connectivity index (χ1) is 18.8. The molecule has 0 aromatic heterocycles. The van der Waals surface area contributed by atoms with Gasteiger partial charge in [0.25, 0.3) is 5.91 Å². The molecule has 2 bridgehead atoms. The second-order valence-corrected chi connectivity index (χ2v) is 11.9. The molecule has 0 radical (unpaired) electrons. The van der Waals surface area contributed by atoms with Crippen LogP contribution in [0, 0.1) is 29.0 Å². The van der Waals surface area contributed by atoms with Gasteiger partial charge in [0.05, 0.1) is 13.2 Å². The van der Waals surface area contributed by atoms with E-state index in [4.69, 9.17) is 9.73 Å². The highest BCUT2D eigenvalue weighted by molar-refractivity contribution is 5.96. The summed E-state index contributed by atoms with van der Waals surface area (Å²) in [6.07, 6.45) is 2.90. The van der Waals surface area contributed by atoms with Crippen LogP contribution in [-0.2, 0) is 6.42 Å². The van der Waals surface area contributed by atoms with Gasteiger partial charge in [-0.15, -0.1) is 0 Å². The summed E-state index contributed by atoms with van der Waals surface area (Å²) in [7, 11) is 1.51. The van der Waals surface area contributed by atoms with E-state index in [0.29, 0.717) is 47.2 Å². The number of carbonyl (C=O) groups excluding carboxylic acids is 1. The van der Waals surface area contributed by atoms with Crippen LogP contribution in [0.4, 0.5) is 10.1 Å². The Balaban J connectivity index is 1.21. The van der Waals surface area contributed by atoms with Crippen molar-refractivity contribution in [3.8, 4) is 5.75 Å². The number of halogens is 1. The maximum atomic E-state index is 14.2. The second-order valence-electron chi connectivity index (χ2n) is 11.9. The number of methoxy groups -OCH3 is 1. The molecule has 0 unspecified atom stereocenters. The summed E-state index contributed by atoms with van der Waals surface area (Å²) < 4.78 is 19.2. The minimum absolute atomic E-state index is 0.177. The summed E-state index contributed by atoms with van der Waals surface area (Å²) in [6, 6.07) is 12.6. The zero-order valence-corrected chi connectivity index (χ0v) is 23.6. The van der Waals surface area contributed by atoms with Gasteiger partial charge >= 0.3 is 0 Å². The van der Waals surface area contributed by atoms with Crippen LogP contribution in [0.15, 0.2) is 47.5 Å². The molecular formula is C31H42FN5O2. The predicted octanol–water partition coefficient (Wildman–Crippen LogP) is 4.55. The number of ether oxygens (including phenoxy) is 1. The van der Waals surface area contributed by atoms with E-state index in [2.05, 4.69) is 41.6 Å². The first-order valence-corrected chi connectivity index (χ1v) is 14.3. The van der Waals surface area contributed by atoms with Crippen LogP contribution in [0.5, 0.6) is 5.75 Å². The van der Waals surface area contributed by atoms with Gasteiger partial charge in [-0.3, -0.25) is 4.79 Å². The second kappa shape index (κ2) is 11.5. The van der Waals surface area contributed by atoms with Crippen LogP contribution in [0.2, 0.25) is 0 Å². The number of piperazine rings is 1. The van der Waals surface area contributed by atoms with Gasteiger partial charge in [0.15, 0.2) is 5.96 Å². The fraction of sp³-hybridized carbons (Fsp3) is 0.548. The zero-order valence-electron chi connectivity index (χ0n) is 23.6. The molecule has 3 saturated carbocycles. The van der Waals surface area contributed by atoms with E-state index >= 15 is 0 Å². The van der Waals surface area contributed by atoms with Crippen molar-refractivity contribution < 1.29 is 13.9 Å². The van der Waals surface area contributed by atoms with Gasteiger partial charge in [0.2, 0.25) is 0 Å². The molecule has 1 aliphatic heterocycles. The first kappa shape index (κ1) is 27.4. The van der Waals surface area contributed by atoms with E-state index in [1.54, 1.807) is 12.1 Å². The zero-order chi connectivity index (χ0) is 27.6. The molecule has 3 aliphatic carbocycles. The maximum absolute atomic E-state index is 14.2. The largest absolute Gasteiger partial charge is 0.497 e. The van der Waals surface area contributed by atoms with E-state index < -0.39 is 0 Å². The Hall–Kier alpha value is -3.13. The third-order valence-corrected chi connectivity index (χ3v) is 9.36. The molecule has 4 fully saturated rings. The van der Waals surface area contributed by atoms with Crippen molar-refractivity contribution >= 4 is 17.6 Å². The lowest BCUT2D eigenvalue weighted by molar-refractivity contribution is -0.108. The highest BCUT2D eigenvalue weighted by Crippen LogP contribution is 2.61. The van der Waals surface area contributed by atoms with Gasteiger partial charge in [0, 0.05) is 50.0 Å². The van der Waals surface area contributed by atoms with E-state index in [9.17, 15) is 9.18 Å². The van der Waals surface area contributed by atoms with Crippen molar-refractivity contribution in [1.82, 2.24) is 15.5 Å². The standard InChI is InChI=1S/C31H42FN5O2/c1-20-26-17-23(31(26,2)3)18-28(20)36-30(37-15-13-33-14-16-37)35-24-8-5-22(6-9-24)29(38)34-12-11-21-7-10-25(39-4)19-27(21)32/h5-10,19-20,23,26,28,33H,11-18H2,1-4H3,(H,34,38)(H,35,36)/t20-,23+,26-,28-/m0/s1. The Morgan fingerprint density at radius 3 is 2.54 bits per heavy atom. The van der Waals surface area contributed by atoms with Crippen LogP contribution in [0.3, 0.4) is 0 Å².